The highest BCUT2D eigenvalue weighted by molar-refractivity contribution is 5.88. The third kappa shape index (κ3) is 8.44. The van der Waals surface area contributed by atoms with Crippen LogP contribution in [0.1, 0.15) is 85.0 Å². The van der Waals surface area contributed by atoms with Gasteiger partial charge in [-0.15, -0.1) is 12.3 Å². The minimum atomic E-state index is -0.798. The van der Waals surface area contributed by atoms with Crippen LogP contribution in [0, 0.1) is 58.7 Å². The zero-order valence-electron chi connectivity index (χ0n) is 28.2. The molecule has 0 aromatic carbocycles. The van der Waals surface area contributed by atoms with Gasteiger partial charge in [-0.3, -0.25) is 4.79 Å². The Labute approximate surface area is 279 Å². The van der Waals surface area contributed by atoms with Crippen molar-refractivity contribution in [2.45, 2.75) is 109 Å². The van der Waals surface area contributed by atoms with Crippen LogP contribution in [0.25, 0.3) is 10.4 Å². The molecule has 4 rings (SSSR count). The summed E-state index contributed by atoms with van der Waals surface area (Å²) in [6.45, 7) is 7.38. The molecular formula is C35H55N5O7. The number of carbonyl (C=O) groups excluding carboxylic acids is 2. The van der Waals surface area contributed by atoms with Crippen molar-refractivity contribution < 1.29 is 34.4 Å². The number of carbonyl (C=O) groups is 2. The van der Waals surface area contributed by atoms with E-state index in [9.17, 15) is 24.9 Å². The average molecular weight is 658 g/mol. The fraction of sp³-hybridized carbons (Fsp3) is 0.829. The van der Waals surface area contributed by atoms with E-state index in [1.165, 1.54) is 6.08 Å². The first-order valence-electron chi connectivity index (χ1n) is 17.4. The number of aliphatic hydroxyl groups excluding tert-OH is 3. The van der Waals surface area contributed by atoms with Crippen LogP contribution in [0.2, 0.25) is 0 Å². The third-order valence-corrected chi connectivity index (χ3v) is 12.4. The van der Waals surface area contributed by atoms with Crippen LogP contribution in [0.4, 0.5) is 4.79 Å². The van der Waals surface area contributed by atoms with E-state index in [4.69, 9.17) is 21.4 Å². The van der Waals surface area contributed by atoms with Gasteiger partial charge in [0.2, 0.25) is 5.91 Å². The van der Waals surface area contributed by atoms with Gasteiger partial charge >= 0.3 is 6.09 Å². The SMILES string of the molecule is C#CCC(NC(=O)C=CCC[C@@H](C)[C@H]1CC[C@H]2[C@@H]3[C@H](O)C[C@@H]4C[C@H](O)CC[C@]4(C)[C@H]3C[C@H](O)[C@]12C)NC(=O)OCCOCCN=[N+]=[N-]. The molecule has 4 fully saturated rings. The summed E-state index contributed by atoms with van der Waals surface area (Å²) in [6.07, 6.45) is 13.7. The highest BCUT2D eigenvalue weighted by Crippen LogP contribution is 2.68. The van der Waals surface area contributed by atoms with Crippen LogP contribution >= 0.6 is 0 Å². The van der Waals surface area contributed by atoms with Gasteiger partial charge in [-0.2, -0.15) is 0 Å². The smallest absolute Gasteiger partial charge is 0.408 e. The van der Waals surface area contributed by atoms with Crippen molar-refractivity contribution in [3.05, 3.63) is 22.6 Å². The standard InChI is InChI=1S/C35H55N5O7/c1-5-8-30(39-33(45)47-18-17-46-16-15-37-40-36)38-31(44)10-7-6-9-22(2)25-11-12-26-32-27(21-29(43)35(25,26)4)34(3)14-13-24(41)19-23(34)20-28(32)42/h1,7,10,22-30,32,41-43H,6,8-9,11-21H2,2-4H3,(H,38,44)(H,39,45)/t22-,23+,24-,25-,26+,27+,28-,29+,30?,32+,34+,35-/m1/s1. The molecule has 47 heavy (non-hydrogen) atoms. The zero-order chi connectivity index (χ0) is 34.2. The Morgan fingerprint density at radius 2 is 1.89 bits per heavy atom. The molecule has 0 heterocycles. The molecule has 0 aromatic rings. The fourth-order valence-corrected chi connectivity index (χ4v) is 9.99. The number of aliphatic hydroxyl groups is 3. The quantitative estimate of drug-likeness (QED) is 0.0347. The van der Waals surface area contributed by atoms with E-state index in [1.54, 1.807) is 0 Å². The predicted molar refractivity (Wildman–Crippen MR) is 176 cm³/mol. The van der Waals surface area contributed by atoms with Crippen molar-refractivity contribution in [3.8, 4) is 12.3 Å². The van der Waals surface area contributed by atoms with Crippen LogP contribution in [0.3, 0.4) is 0 Å². The van der Waals surface area contributed by atoms with Gasteiger partial charge < -0.3 is 35.4 Å². The number of fused-ring (bicyclic) bond motifs is 5. The number of rotatable bonds is 14. The number of hydrogen-bond acceptors (Lipinski definition) is 8. The van der Waals surface area contributed by atoms with Crippen molar-refractivity contribution in [1.82, 2.24) is 10.6 Å². The summed E-state index contributed by atoms with van der Waals surface area (Å²) in [5, 5.41) is 42.2. The van der Waals surface area contributed by atoms with Gasteiger partial charge in [0, 0.05) is 17.9 Å². The van der Waals surface area contributed by atoms with Gasteiger partial charge in [0.05, 0.1) is 31.5 Å². The molecule has 12 heteroatoms. The van der Waals surface area contributed by atoms with Gasteiger partial charge in [-0.05, 0) is 116 Å². The van der Waals surface area contributed by atoms with Crippen molar-refractivity contribution in [1.29, 1.82) is 0 Å². The van der Waals surface area contributed by atoms with Crippen LogP contribution in [0.15, 0.2) is 17.3 Å². The monoisotopic (exact) mass is 657 g/mol. The van der Waals surface area contributed by atoms with E-state index < -0.39 is 18.4 Å². The maximum Gasteiger partial charge on any atom is 0.408 e. The van der Waals surface area contributed by atoms with Crippen molar-refractivity contribution >= 4 is 12.0 Å². The number of hydrogen-bond donors (Lipinski definition) is 5. The Morgan fingerprint density at radius 1 is 1.11 bits per heavy atom. The lowest BCUT2D eigenvalue weighted by Crippen LogP contribution is -2.62. The molecule has 1 unspecified atom stereocenters. The lowest BCUT2D eigenvalue weighted by Gasteiger charge is -2.63. The van der Waals surface area contributed by atoms with E-state index in [-0.39, 0.29) is 79.5 Å². The number of azide groups is 1. The molecule has 5 N–H and O–H groups in total. The van der Waals surface area contributed by atoms with Crippen LogP contribution < -0.4 is 10.6 Å². The van der Waals surface area contributed by atoms with Crippen molar-refractivity contribution in [2.24, 2.45) is 51.5 Å². The summed E-state index contributed by atoms with van der Waals surface area (Å²) < 4.78 is 10.2. The van der Waals surface area contributed by atoms with Gasteiger partial charge in [-0.1, -0.05) is 32.0 Å². The Bertz CT molecular complexity index is 1200. The average Bonchev–Trinajstić information content (AvgIpc) is 3.38. The second kappa shape index (κ2) is 16.5. The van der Waals surface area contributed by atoms with Gasteiger partial charge in [-0.25, -0.2) is 4.79 Å². The number of allylic oxidation sites excluding steroid dienone is 1. The molecule has 0 radical (unpaired) electrons. The van der Waals surface area contributed by atoms with Crippen molar-refractivity contribution in [3.63, 3.8) is 0 Å². The maximum atomic E-state index is 12.6. The normalized spacial score (nSPS) is 37.3. The highest BCUT2D eigenvalue weighted by Gasteiger charge is 2.65. The summed E-state index contributed by atoms with van der Waals surface area (Å²) in [5.74, 6) is 3.74. The van der Waals surface area contributed by atoms with Gasteiger partial charge in [0.25, 0.3) is 0 Å². The lowest BCUT2D eigenvalue weighted by molar-refractivity contribution is -0.207. The molecule has 0 spiro atoms. The number of nitrogens with zero attached hydrogens (tertiary/aromatic N) is 3. The lowest BCUT2D eigenvalue weighted by atomic mass is 9.43. The van der Waals surface area contributed by atoms with E-state index in [1.807, 2.05) is 6.08 Å². The number of terminal acetylenes is 1. The molecule has 0 aliphatic heterocycles. The molecule has 4 aliphatic rings. The molecule has 4 saturated carbocycles. The Kier molecular flexibility index (Phi) is 13.0. The number of ether oxygens (including phenoxy) is 2. The minimum Gasteiger partial charge on any atom is -0.447 e. The van der Waals surface area contributed by atoms with Crippen molar-refractivity contribution in [2.75, 3.05) is 26.4 Å². The van der Waals surface area contributed by atoms with Gasteiger partial charge in [0.1, 0.15) is 12.8 Å². The minimum absolute atomic E-state index is 0.0125. The fourth-order valence-electron chi connectivity index (χ4n) is 9.99. The first-order valence-corrected chi connectivity index (χ1v) is 17.4. The number of amides is 2. The Hall–Kier alpha value is -2.81. The number of nitrogens with one attached hydrogen (secondary N) is 2. The van der Waals surface area contributed by atoms with E-state index in [0.29, 0.717) is 30.6 Å². The van der Waals surface area contributed by atoms with Crippen LogP contribution in [-0.4, -0.2) is 78.2 Å². The molecular weight excluding hydrogens is 602 g/mol. The number of alkyl carbamates (subject to hydrolysis) is 1. The maximum absolute atomic E-state index is 12.6. The summed E-state index contributed by atoms with van der Waals surface area (Å²) in [6, 6.07) is 0. The summed E-state index contributed by atoms with van der Waals surface area (Å²) in [4.78, 5) is 27.3. The largest absolute Gasteiger partial charge is 0.447 e. The van der Waals surface area contributed by atoms with E-state index in [2.05, 4.69) is 47.4 Å². The van der Waals surface area contributed by atoms with E-state index >= 15 is 0 Å². The molecule has 2 amide bonds. The molecule has 0 saturated heterocycles. The summed E-state index contributed by atoms with van der Waals surface area (Å²) >= 11 is 0. The summed E-state index contributed by atoms with van der Waals surface area (Å²) in [5.41, 5.74) is 8.03. The second-order valence-electron chi connectivity index (χ2n) is 14.8. The van der Waals surface area contributed by atoms with Gasteiger partial charge in [0.15, 0.2) is 0 Å². The molecule has 262 valence electrons. The Morgan fingerprint density at radius 3 is 2.64 bits per heavy atom. The molecule has 12 atom stereocenters. The molecule has 0 aromatic heterocycles. The summed E-state index contributed by atoms with van der Waals surface area (Å²) in [7, 11) is 0. The van der Waals surface area contributed by atoms with Crippen LogP contribution in [0.5, 0.6) is 0 Å². The second-order valence-corrected chi connectivity index (χ2v) is 14.8. The third-order valence-electron chi connectivity index (χ3n) is 12.4. The predicted octanol–water partition coefficient (Wildman–Crippen LogP) is 4.44. The molecule has 12 nitrogen and oxygen atoms in total. The van der Waals surface area contributed by atoms with E-state index in [0.717, 1.165) is 44.9 Å². The topological polar surface area (TPSA) is 186 Å². The first kappa shape index (κ1) is 37.0. The Balaban J connectivity index is 1.25. The zero-order valence-corrected chi connectivity index (χ0v) is 28.2. The highest BCUT2D eigenvalue weighted by atomic mass is 16.6. The first-order chi connectivity index (χ1) is 22.4. The van der Waals surface area contributed by atoms with Crippen LogP contribution in [-0.2, 0) is 14.3 Å². The molecule has 4 aliphatic carbocycles. The molecule has 0 bridgehead atoms.